The molecule has 2 aromatic rings. The molecular formula is C17H18IN3O2. The minimum absolute atomic E-state index is 0.524. The summed E-state index contributed by atoms with van der Waals surface area (Å²) in [5, 5.41) is 5.53. The van der Waals surface area contributed by atoms with Gasteiger partial charge in [-0.25, -0.2) is 4.79 Å². The summed E-state index contributed by atoms with van der Waals surface area (Å²) in [4.78, 5) is 16.4. The molecule has 1 amide bonds. The van der Waals surface area contributed by atoms with Crippen LogP contribution in [0.2, 0.25) is 0 Å². The third-order valence-corrected chi connectivity index (χ3v) is 3.39. The summed E-state index contributed by atoms with van der Waals surface area (Å²) < 4.78 is 6.51. The molecule has 0 aliphatic carbocycles. The van der Waals surface area contributed by atoms with E-state index in [1.54, 1.807) is 18.6 Å². The van der Waals surface area contributed by atoms with E-state index in [1.165, 1.54) is 5.01 Å². The van der Waals surface area contributed by atoms with Crippen LogP contribution in [0.5, 0.6) is 0 Å². The highest BCUT2D eigenvalue weighted by Crippen LogP contribution is 2.20. The lowest BCUT2D eigenvalue weighted by Gasteiger charge is -2.24. The summed E-state index contributed by atoms with van der Waals surface area (Å²) in [6, 6.07) is 11.1. The molecule has 0 radical (unpaired) electrons. The van der Waals surface area contributed by atoms with Gasteiger partial charge in [-0.15, -0.1) is 0 Å². The number of rotatable bonds is 3. The molecule has 0 unspecified atom stereocenters. The molecule has 0 spiro atoms. The summed E-state index contributed by atoms with van der Waals surface area (Å²) in [6.07, 6.45) is 4.42. The van der Waals surface area contributed by atoms with Crippen molar-refractivity contribution in [2.75, 3.05) is 5.01 Å². The van der Waals surface area contributed by atoms with Crippen LogP contribution in [-0.2, 0) is 4.74 Å². The monoisotopic (exact) mass is 423 g/mol. The van der Waals surface area contributed by atoms with E-state index in [4.69, 9.17) is 4.74 Å². The molecular weight excluding hydrogens is 405 g/mol. The molecule has 0 aliphatic heterocycles. The van der Waals surface area contributed by atoms with Crippen molar-refractivity contribution in [3.8, 4) is 0 Å². The smallest absolute Gasteiger partial charge is 0.435 e. The van der Waals surface area contributed by atoms with Gasteiger partial charge in [0.2, 0.25) is 0 Å². The molecule has 0 atom stereocenters. The van der Waals surface area contributed by atoms with Crippen molar-refractivity contribution in [3.63, 3.8) is 0 Å². The van der Waals surface area contributed by atoms with E-state index < -0.39 is 11.7 Å². The van der Waals surface area contributed by atoms with Crippen molar-refractivity contribution < 1.29 is 9.53 Å². The summed E-state index contributed by atoms with van der Waals surface area (Å²) in [7, 11) is 0. The number of hydrogen-bond acceptors (Lipinski definition) is 4. The van der Waals surface area contributed by atoms with Crippen molar-refractivity contribution in [2.45, 2.75) is 26.4 Å². The highest BCUT2D eigenvalue weighted by molar-refractivity contribution is 14.1. The molecule has 0 N–H and O–H groups in total. The van der Waals surface area contributed by atoms with E-state index in [0.717, 1.165) is 9.13 Å². The Hall–Kier alpha value is -1.96. The van der Waals surface area contributed by atoms with Crippen LogP contribution in [-0.4, -0.2) is 22.9 Å². The average Bonchev–Trinajstić information content (AvgIpc) is 2.48. The van der Waals surface area contributed by atoms with Crippen LogP contribution < -0.4 is 5.01 Å². The van der Waals surface area contributed by atoms with Gasteiger partial charge in [-0.2, -0.15) is 10.1 Å². The Labute approximate surface area is 149 Å². The maximum Gasteiger partial charge on any atom is 0.435 e. The van der Waals surface area contributed by atoms with Gasteiger partial charge < -0.3 is 4.74 Å². The number of ether oxygens (including phenoxy) is 1. The predicted octanol–water partition coefficient (Wildman–Crippen LogP) is 4.46. The Balaban J connectivity index is 2.29. The molecule has 23 heavy (non-hydrogen) atoms. The maximum atomic E-state index is 12.4. The molecule has 120 valence electrons. The van der Waals surface area contributed by atoms with Crippen molar-refractivity contribution >= 4 is 40.6 Å². The first kappa shape index (κ1) is 17.4. The second-order valence-corrected chi connectivity index (χ2v) is 7.04. The van der Waals surface area contributed by atoms with Gasteiger partial charge in [0.25, 0.3) is 0 Å². The van der Waals surface area contributed by atoms with Crippen LogP contribution >= 0.6 is 22.6 Å². The first-order valence-electron chi connectivity index (χ1n) is 7.08. The molecule has 0 aliphatic rings. The van der Waals surface area contributed by atoms with Gasteiger partial charge in [-0.1, -0.05) is 0 Å². The van der Waals surface area contributed by atoms with Gasteiger partial charge in [-0.05, 0) is 85.3 Å². The van der Waals surface area contributed by atoms with Crippen LogP contribution in [0.25, 0.3) is 0 Å². The normalized spacial score (nSPS) is 11.5. The lowest BCUT2D eigenvalue weighted by molar-refractivity contribution is 0.0581. The number of nitrogens with zero attached hydrogens (tertiary/aromatic N) is 3. The number of hydrogen-bond donors (Lipinski definition) is 0. The lowest BCUT2D eigenvalue weighted by atomic mass is 10.2. The number of amides is 1. The Morgan fingerprint density at radius 3 is 2.35 bits per heavy atom. The van der Waals surface area contributed by atoms with Crippen molar-refractivity contribution in [1.82, 2.24) is 4.98 Å². The van der Waals surface area contributed by atoms with Crippen LogP contribution in [0.4, 0.5) is 10.5 Å². The van der Waals surface area contributed by atoms with Gasteiger partial charge in [0, 0.05) is 16.0 Å². The number of pyridine rings is 1. The fourth-order valence-corrected chi connectivity index (χ4v) is 2.04. The van der Waals surface area contributed by atoms with E-state index in [-0.39, 0.29) is 0 Å². The Kier molecular flexibility index (Phi) is 5.70. The zero-order chi connectivity index (χ0) is 16.9. The molecule has 1 heterocycles. The highest BCUT2D eigenvalue weighted by Gasteiger charge is 2.23. The number of carbonyl (C=O) groups is 1. The van der Waals surface area contributed by atoms with E-state index >= 15 is 0 Å². The van der Waals surface area contributed by atoms with E-state index in [9.17, 15) is 4.79 Å². The molecule has 0 bridgehead atoms. The minimum atomic E-state index is -0.593. The number of benzene rings is 1. The maximum absolute atomic E-state index is 12.4. The first-order chi connectivity index (χ1) is 10.8. The van der Waals surface area contributed by atoms with Gasteiger partial charge in [0.1, 0.15) is 5.60 Å². The second-order valence-electron chi connectivity index (χ2n) is 5.79. The Morgan fingerprint density at radius 1 is 1.17 bits per heavy atom. The third-order valence-electron chi connectivity index (χ3n) is 2.67. The largest absolute Gasteiger partial charge is 0.442 e. The zero-order valence-corrected chi connectivity index (χ0v) is 15.4. The quantitative estimate of drug-likeness (QED) is 0.416. The number of carbonyl (C=O) groups excluding carboxylic acids is 1. The fourth-order valence-electron chi connectivity index (χ4n) is 1.68. The third kappa shape index (κ3) is 5.63. The standard InChI is InChI=1S/C17H18IN3O2/c1-17(2,3)23-16(22)21(15-6-4-14(18)5-7-15)20-12-13-8-10-19-11-9-13/h4-12H,1-3H3/b20-12-. The zero-order valence-electron chi connectivity index (χ0n) is 13.2. The SMILES string of the molecule is CC(C)(C)OC(=O)N(/N=C\c1ccncc1)c1ccc(I)cc1. The van der Waals surface area contributed by atoms with Gasteiger partial charge >= 0.3 is 6.09 Å². The van der Waals surface area contributed by atoms with E-state index in [2.05, 4.69) is 32.7 Å². The first-order valence-corrected chi connectivity index (χ1v) is 8.16. The van der Waals surface area contributed by atoms with Crippen LogP contribution in [0.3, 0.4) is 0 Å². The fraction of sp³-hybridized carbons (Fsp3) is 0.235. The van der Waals surface area contributed by atoms with E-state index in [1.807, 2.05) is 57.2 Å². The van der Waals surface area contributed by atoms with Crippen LogP contribution in [0, 0.1) is 3.57 Å². The predicted molar refractivity (Wildman–Crippen MR) is 99.7 cm³/mol. The lowest BCUT2D eigenvalue weighted by Crippen LogP contribution is -2.33. The van der Waals surface area contributed by atoms with Crippen molar-refractivity contribution in [1.29, 1.82) is 0 Å². The molecule has 5 nitrogen and oxygen atoms in total. The number of aromatic nitrogens is 1. The molecule has 0 saturated heterocycles. The van der Waals surface area contributed by atoms with Gasteiger partial charge in [0.05, 0.1) is 11.9 Å². The summed E-state index contributed by atoms with van der Waals surface area (Å²) in [5.74, 6) is 0. The Morgan fingerprint density at radius 2 is 1.78 bits per heavy atom. The Bertz CT molecular complexity index is 679. The van der Waals surface area contributed by atoms with Gasteiger partial charge in [0.15, 0.2) is 0 Å². The molecule has 1 aromatic heterocycles. The molecule has 2 rings (SSSR count). The topological polar surface area (TPSA) is 54.8 Å². The van der Waals surface area contributed by atoms with E-state index in [0.29, 0.717) is 5.69 Å². The molecule has 0 fully saturated rings. The molecule has 0 saturated carbocycles. The van der Waals surface area contributed by atoms with Crippen molar-refractivity contribution in [3.05, 3.63) is 57.9 Å². The molecule has 1 aromatic carbocycles. The summed E-state index contributed by atoms with van der Waals surface area (Å²) >= 11 is 2.21. The highest BCUT2D eigenvalue weighted by atomic mass is 127. The second kappa shape index (κ2) is 7.54. The number of halogens is 1. The van der Waals surface area contributed by atoms with Crippen molar-refractivity contribution in [2.24, 2.45) is 5.10 Å². The van der Waals surface area contributed by atoms with Crippen LogP contribution in [0.15, 0.2) is 53.9 Å². The summed E-state index contributed by atoms with van der Waals surface area (Å²) in [5.41, 5.74) is 0.897. The van der Waals surface area contributed by atoms with Crippen LogP contribution in [0.1, 0.15) is 26.3 Å². The number of hydrazone groups is 1. The molecule has 6 heteroatoms. The summed E-state index contributed by atoms with van der Waals surface area (Å²) in [6.45, 7) is 5.47. The number of anilines is 1. The average molecular weight is 423 g/mol. The minimum Gasteiger partial charge on any atom is -0.442 e. The van der Waals surface area contributed by atoms with Gasteiger partial charge in [-0.3, -0.25) is 4.98 Å².